The smallest absolute Gasteiger partial charge is 0.345 e. The first-order valence-corrected chi connectivity index (χ1v) is 10.2. The lowest BCUT2D eigenvalue weighted by Gasteiger charge is -2.24. The Morgan fingerprint density at radius 2 is 1.73 bits per heavy atom. The van der Waals surface area contributed by atoms with Crippen molar-refractivity contribution in [3.05, 3.63) is 59.8 Å². The molecule has 158 valence electrons. The number of anilines is 1. The van der Waals surface area contributed by atoms with Crippen molar-refractivity contribution >= 4 is 27.5 Å². The Kier molecular flexibility index (Phi) is 5.97. The molecule has 0 radical (unpaired) electrons. The number of methoxy groups -OCH3 is 3. The third kappa shape index (κ3) is 4.23. The van der Waals surface area contributed by atoms with Gasteiger partial charge in [-0.1, -0.05) is 6.07 Å². The van der Waals surface area contributed by atoms with Crippen molar-refractivity contribution in [1.29, 1.82) is 0 Å². The van der Waals surface area contributed by atoms with Crippen LogP contribution in [-0.2, 0) is 15.0 Å². The average Bonchev–Trinajstić information content (AvgIpc) is 2.74. The van der Waals surface area contributed by atoms with Gasteiger partial charge in [-0.3, -0.25) is 4.79 Å². The van der Waals surface area contributed by atoms with Crippen molar-refractivity contribution in [2.75, 3.05) is 33.7 Å². The zero-order valence-corrected chi connectivity index (χ0v) is 17.7. The van der Waals surface area contributed by atoms with Gasteiger partial charge < -0.3 is 19.5 Å². The van der Waals surface area contributed by atoms with Crippen molar-refractivity contribution in [2.45, 2.75) is 0 Å². The molecule has 0 fully saturated rings. The van der Waals surface area contributed by atoms with Crippen LogP contribution in [-0.4, -0.2) is 52.7 Å². The van der Waals surface area contributed by atoms with Crippen LogP contribution in [0.25, 0.3) is 0 Å². The summed E-state index contributed by atoms with van der Waals surface area (Å²) in [5, 5.41) is 2.67. The number of amides is 1. The fraction of sp³-hybridized carbons (Fsp3) is 0.200. The average molecular weight is 431 g/mol. The van der Waals surface area contributed by atoms with E-state index in [0.29, 0.717) is 28.5 Å². The molecular weight excluding hydrogens is 410 g/mol. The van der Waals surface area contributed by atoms with Gasteiger partial charge >= 0.3 is 10.2 Å². The third-order valence-corrected chi connectivity index (χ3v) is 5.73. The molecule has 0 saturated carbocycles. The first-order valence-electron chi connectivity index (χ1n) is 8.77. The minimum Gasteiger partial charge on any atom is -0.497 e. The Morgan fingerprint density at radius 3 is 2.40 bits per heavy atom. The molecule has 30 heavy (non-hydrogen) atoms. The number of hydrogen-bond donors (Lipinski definition) is 1. The van der Waals surface area contributed by atoms with Gasteiger partial charge in [0.05, 0.1) is 27.0 Å². The maximum absolute atomic E-state index is 12.8. The molecule has 1 amide bonds. The molecule has 10 heteroatoms. The van der Waals surface area contributed by atoms with Crippen LogP contribution in [0.2, 0.25) is 0 Å². The van der Waals surface area contributed by atoms with Crippen LogP contribution in [0.5, 0.6) is 17.2 Å². The second-order valence-corrected chi connectivity index (χ2v) is 7.83. The predicted molar refractivity (Wildman–Crippen MR) is 112 cm³/mol. The van der Waals surface area contributed by atoms with Crippen molar-refractivity contribution in [2.24, 2.45) is 4.40 Å². The third-order valence-electron chi connectivity index (χ3n) is 4.41. The van der Waals surface area contributed by atoms with Crippen LogP contribution in [0.1, 0.15) is 5.56 Å². The van der Waals surface area contributed by atoms with E-state index >= 15 is 0 Å². The van der Waals surface area contributed by atoms with Gasteiger partial charge in [-0.05, 0) is 36.4 Å². The highest BCUT2D eigenvalue weighted by Gasteiger charge is 2.30. The Morgan fingerprint density at radius 1 is 1.00 bits per heavy atom. The molecule has 0 unspecified atom stereocenters. The number of allylic oxidation sites excluding steroid dienone is 1. The molecule has 0 saturated heterocycles. The molecule has 3 rings (SSSR count). The SMILES string of the molecule is COc1cccc(NC(=O)C2=CC(c3ccc(OC)c(OC)c3)=NS(=O)(=O)N2C)c1. The molecule has 1 heterocycles. The molecule has 2 aromatic rings. The normalized spacial score (nSPS) is 15.0. The fourth-order valence-corrected chi connectivity index (χ4v) is 3.71. The molecule has 0 aliphatic carbocycles. The maximum Gasteiger partial charge on any atom is 0.345 e. The quantitative estimate of drug-likeness (QED) is 0.752. The van der Waals surface area contributed by atoms with Gasteiger partial charge in [0.25, 0.3) is 5.91 Å². The number of nitrogens with zero attached hydrogens (tertiary/aromatic N) is 2. The van der Waals surface area contributed by atoms with Gasteiger partial charge in [-0.15, -0.1) is 4.40 Å². The number of likely N-dealkylation sites (N-methyl/N-ethyl adjacent to an activating group) is 1. The zero-order valence-electron chi connectivity index (χ0n) is 16.9. The number of benzene rings is 2. The minimum atomic E-state index is -4.10. The minimum absolute atomic E-state index is 0.0856. The first-order chi connectivity index (χ1) is 14.3. The van der Waals surface area contributed by atoms with E-state index in [1.807, 2.05) is 0 Å². The summed E-state index contributed by atoms with van der Waals surface area (Å²) in [6, 6.07) is 11.6. The van der Waals surface area contributed by atoms with Crippen LogP contribution < -0.4 is 19.5 Å². The van der Waals surface area contributed by atoms with E-state index in [-0.39, 0.29) is 11.4 Å². The van der Waals surface area contributed by atoms with Gasteiger partial charge in [0.1, 0.15) is 11.4 Å². The van der Waals surface area contributed by atoms with Crippen LogP contribution in [0.4, 0.5) is 5.69 Å². The lowest BCUT2D eigenvalue weighted by molar-refractivity contribution is -0.113. The number of carbonyl (C=O) groups is 1. The zero-order chi connectivity index (χ0) is 21.9. The Bertz CT molecular complexity index is 1140. The second kappa shape index (κ2) is 8.46. The monoisotopic (exact) mass is 431 g/mol. The van der Waals surface area contributed by atoms with Crippen LogP contribution >= 0.6 is 0 Å². The summed E-state index contributed by atoms with van der Waals surface area (Å²) in [6.07, 6.45) is 1.40. The summed E-state index contributed by atoms with van der Waals surface area (Å²) in [7, 11) is 1.64. The standard InChI is InChI=1S/C20H21N3O6S/c1-23-17(20(24)21-14-6-5-7-15(11-14)27-2)12-16(22-30(23,25)26)13-8-9-18(28-3)19(10-13)29-4/h5-12H,1-4H3,(H,21,24). The lowest BCUT2D eigenvalue weighted by atomic mass is 10.1. The number of nitrogens with one attached hydrogen (secondary N) is 1. The maximum atomic E-state index is 12.8. The summed E-state index contributed by atoms with van der Waals surface area (Å²) in [5.41, 5.74) is 0.930. The van der Waals surface area contributed by atoms with Crippen molar-refractivity contribution in [3.63, 3.8) is 0 Å². The Balaban J connectivity index is 1.98. The molecule has 0 atom stereocenters. The summed E-state index contributed by atoms with van der Waals surface area (Å²) < 4.78 is 45.3. The summed E-state index contributed by atoms with van der Waals surface area (Å²) >= 11 is 0. The largest absolute Gasteiger partial charge is 0.497 e. The van der Waals surface area contributed by atoms with Gasteiger partial charge in [-0.2, -0.15) is 8.42 Å². The molecule has 1 N–H and O–H groups in total. The van der Waals surface area contributed by atoms with E-state index in [1.54, 1.807) is 42.5 Å². The summed E-state index contributed by atoms with van der Waals surface area (Å²) in [5.74, 6) is 0.837. The summed E-state index contributed by atoms with van der Waals surface area (Å²) in [6.45, 7) is 0. The molecule has 2 aromatic carbocycles. The highest BCUT2D eigenvalue weighted by molar-refractivity contribution is 7.88. The molecule has 0 bridgehead atoms. The van der Waals surface area contributed by atoms with Crippen molar-refractivity contribution in [3.8, 4) is 17.2 Å². The van der Waals surface area contributed by atoms with Crippen LogP contribution in [0.3, 0.4) is 0 Å². The van der Waals surface area contributed by atoms with Gasteiger partial charge in [0, 0.05) is 24.4 Å². The van der Waals surface area contributed by atoms with E-state index < -0.39 is 16.1 Å². The van der Waals surface area contributed by atoms with Crippen molar-refractivity contribution < 1.29 is 27.4 Å². The fourth-order valence-electron chi connectivity index (χ4n) is 2.79. The van der Waals surface area contributed by atoms with Gasteiger partial charge in [0.2, 0.25) is 0 Å². The van der Waals surface area contributed by atoms with E-state index in [4.69, 9.17) is 14.2 Å². The topological polar surface area (TPSA) is 107 Å². The van der Waals surface area contributed by atoms with E-state index in [9.17, 15) is 13.2 Å². The van der Waals surface area contributed by atoms with E-state index in [1.165, 1.54) is 34.5 Å². The molecule has 0 aromatic heterocycles. The number of carbonyl (C=O) groups excluding carboxylic acids is 1. The van der Waals surface area contributed by atoms with Gasteiger partial charge in [0.15, 0.2) is 11.5 Å². The lowest BCUT2D eigenvalue weighted by Crippen LogP contribution is -2.35. The number of rotatable bonds is 6. The van der Waals surface area contributed by atoms with Crippen LogP contribution in [0, 0.1) is 0 Å². The molecule has 0 spiro atoms. The van der Waals surface area contributed by atoms with E-state index in [2.05, 4.69) is 9.71 Å². The Hall–Kier alpha value is -3.53. The number of hydrogen-bond acceptors (Lipinski definition) is 6. The van der Waals surface area contributed by atoms with Crippen molar-refractivity contribution in [1.82, 2.24) is 4.31 Å². The Labute approximate surface area is 174 Å². The number of ether oxygens (including phenoxy) is 3. The molecule has 1 aliphatic rings. The van der Waals surface area contributed by atoms with Gasteiger partial charge in [-0.25, -0.2) is 4.31 Å². The highest BCUT2D eigenvalue weighted by Crippen LogP contribution is 2.29. The highest BCUT2D eigenvalue weighted by atomic mass is 32.2. The second-order valence-electron chi connectivity index (χ2n) is 6.21. The van der Waals surface area contributed by atoms with E-state index in [0.717, 1.165) is 4.31 Å². The van der Waals surface area contributed by atoms with Crippen LogP contribution in [0.15, 0.2) is 58.6 Å². The first kappa shape index (κ1) is 21.2. The summed E-state index contributed by atoms with van der Waals surface area (Å²) in [4.78, 5) is 12.8. The molecular formula is C20H21N3O6S. The molecule has 1 aliphatic heterocycles. The molecule has 9 nitrogen and oxygen atoms in total. The predicted octanol–water partition coefficient (Wildman–Crippen LogP) is 2.21.